The molecule has 3 nitrogen and oxygen atoms in total. The second kappa shape index (κ2) is 9.66. The van der Waals surface area contributed by atoms with Gasteiger partial charge in [0.1, 0.15) is 11.0 Å². The monoisotopic (exact) mass is 410 g/mol. The molecule has 5 heteroatoms. The van der Waals surface area contributed by atoms with Gasteiger partial charge in [-0.25, -0.2) is 9.37 Å². The highest BCUT2D eigenvalue weighted by atomic mass is 35.5. The maximum atomic E-state index is 14.5. The minimum absolute atomic E-state index is 0.0641. The second-order valence-electron chi connectivity index (χ2n) is 7.08. The van der Waals surface area contributed by atoms with E-state index in [0.29, 0.717) is 29.2 Å². The zero-order valence-electron chi connectivity index (χ0n) is 16.7. The third-order valence-electron chi connectivity index (χ3n) is 4.89. The highest BCUT2D eigenvalue weighted by molar-refractivity contribution is 6.29. The molecule has 1 aromatic heterocycles. The molecule has 0 fully saturated rings. The Kier molecular flexibility index (Phi) is 6.99. The number of hydrogen-bond acceptors (Lipinski definition) is 3. The number of aromatic nitrogens is 1. The summed E-state index contributed by atoms with van der Waals surface area (Å²) < 4.78 is 14.5. The summed E-state index contributed by atoms with van der Waals surface area (Å²) in [6.45, 7) is 2.87. The van der Waals surface area contributed by atoms with Crippen molar-refractivity contribution in [2.24, 2.45) is 0 Å². The van der Waals surface area contributed by atoms with Gasteiger partial charge in [-0.1, -0.05) is 54.9 Å². The minimum Gasteiger partial charge on any atom is -0.372 e. The fourth-order valence-electron chi connectivity index (χ4n) is 3.26. The van der Waals surface area contributed by atoms with Gasteiger partial charge in [0.25, 0.3) is 0 Å². The van der Waals surface area contributed by atoms with Crippen molar-refractivity contribution >= 4 is 23.1 Å². The number of ketones is 1. The highest BCUT2D eigenvalue weighted by Crippen LogP contribution is 2.26. The number of rotatable bonds is 8. The molecule has 2 aromatic carbocycles. The Balaban J connectivity index is 1.67. The van der Waals surface area contributed by atoms with Crippen molar-refractivity contribution in [1.29, 1.82) is 0 Å². The van der Waals surface area contributed by atoms with E-state index in [4.69, 9.17) is 11.6 Å². The Morgan fingerprint density at radius 2 is 1.79 bits per heavy atom. The van der Waals surface area contributed by atoms with Crippen molar-refractivity contribution in [2.75, 3.05) is 18.5 Å². The summed E-state index contributed by atoms with van der Waals surface area (Å²) in [5.41, 5.74) is 3.90. The Labute approximate surface area is 176 Å². The van der Waals surface area contributed by atoms with Crippen LogP contribution in [0.2, 0.25) is 5.15 Å². The molecule has 0 spiro atoms. The van der Waals surface area contributed by atoms with Crippen molar-refractivity contribution in [3.63, 3.8) is 0 Å². The van der Waals surface area contributed by atoms with Gasteiger partial charge in [0.15, 0.2) is 5.78 Å². The van der Waals surface area contributed by atoms with E-state index in [1.54, 1.807) is 36.5 Å². The number of anilines is 1. The molecule has 0 saturated carbocycles. The Morgan fingerprint density at radius 3 is 2.41 bits per heavy atom. The number of benzene rings is 2. The van der Waals surface area contributed by atoms with Crippen LogP contribution in [0.25, 0.3) is 11.1 Å². The number of pyridine rings is 1. The number of Topliss-reactive ketones (excluding diaryl/α,β-unsaturated/α-hetero) is 1. The third kappa shape index (κ3) is 5.42. The van der Waals surface area contributed by atoms with Crippen molar-refractivity contribution in [3.05, 3.63) is 82.9 Å². The van der Waals surface area contributed by atoms with E-state index in [9.17, 15) is 9.18 Å². The smallest absolute Gasteiger partial charge is 0.163 e. The molecule has 1 heterocycles. The lowest BCUT2D eigenvalue weighted by atomic mass is 9.99. The molecule has 0 aliphatic rings. The molecule has 0 bridgehead atoms. The molecule has 29 heavy (non-hydrogen) atoms. The van der Waals surface area contributed by atoms with E-state index in [1.165, 1.54) is 0 Å². The molecule has 0 N–H and O–H groups in total. The van der Waals surface area contributed by atoms with Crippen LogP contribution < -0.4 is 4.90 Å². The number of aryl methyl sites for hydroxylation is 1. The molecule has 0 saturated heterocycles. The largest absolute Gasteiger partial charge is 0.372 e. The molecule has 0 amide bonds. The molecule has 150 valence electrons. The molecule has 0 atom stereocenters. The summed E-state index contributed by atoms with van der Waals surface area (Å²) in [5, 5.41) is 0.442. The van der Waals surface area contributed by atoms with Gasteiger partial charge in [-0.15, -0.1) is 0 Å². The number of carbonyl (C=O) groups is 1. The van der Waals surface area contributed by atoms with Gasteiger partial charge >= 0.3 is 0 Å². The first kappa shape index (κ1) is 21.0. The maximum Gasteiger partial charge on any atom is 0.163 e. The normalized spacial score (nSPS) is 10.8. The number of nitrogens with zero attached hydrogens (tertiary/aromatic N) is 2. The summed E-state index contributed by atoms with van der Waals surface area (Å²) >= 11 is 5.78. The van der Waals surface area contributed by atoms with Gasteiger partial charge in [-0.3, -0.25) is 4.79 Å². The first-order valence-electron chi connectivity index (χ1n) is 9.72. The van der Waals surface area contributed by atoms with Crippen LogP contribution in [-0.4, -0.2) is 24.4 Å². The van der Waals surface area contributed by atoms with Crippen LogP contribution in [0.5, 0.6) is 0 Å². The number of halogens is 2. The Morgan fingerprint density at radius 1 is 1.07 bits per heavy atom. The van der Waals surface area contributed by atoms with Crippen molar-refractivity contribution in [1.82, 2.24) is 4.98 Å². The summed E-state index contributed by atoms with van der Waals surface area (Å²) in [7, 11) is 1.89. The molecular weight excluding hydrogens is 387 g/mol. The zero-order valence-corrected chi connectivity index (χ0v) is 17.4. The van der Waals surface area contributed by atoms with E-state index in [2.05, 4.69) is 11.9 Å². The van der Waals surface area contributed by atoms with Crippen LogP contribution in [-0.2, 0) is 6.42 Å². The molecule has 0 aliphatic heterocycles. The Hall–Kier alpha value is -2.72. The fraction of sp³-hybridized carbons (Fsp3) is 0.250. The van der Waals surface area contributed by atoms with Gasteiger partial charge < -0.3 is 4.90 Å². The van der Waals surface area contributed by atoms with Gasteiger partial charge in [0, 0.05) is 31.8 Å². The van der Waals surface area contributed by atoms with E-state index in [0.717, 1.165) is 29.7 Å². The lowest BCUT2D eigenvalue weighted by molar-refractivity contribution is 0.0983. The molecule has 0 aliphatic carbocycles. The molecule has 0 unspecified atom stereocenters. The zero-order chi connectivity index (χ0) is 20.8. The van der Waals surface area contributed by atoms with E-state index in [1.807, 2.05) is 36.2 Å². The standard InChI is InChI=1S/C24H24ClFN2O/c1-3-14-28(2)22-11-10-20(15-21(22)26)18-6-8-19(9-7-18)23(29)12-4-17-5-13-24(25)27-16-17/h5-11,13,15-16H,3-4,12,14H2,1-2H3. The highest BCUT2D eigenvalue weighted by Gasteiger charge is 2.10. The summed E-state index contributed by atoms with van der Waals surface area (Å²) in [5.74, 6) is -0.176. The average molecular weight is 411 g/mol. The summed E-state index contributed by atoms with van der Waals surface area (Å²) in [6, 6.07) is 16.2. The lowest BCUT2D eigenvalue weighted by Crippen LogP contribution is -2.18. The van der Waals surface area contributed by atoms with Crippen LogP contribution in [0.4, 0.5) is 10.1 Å². The number of carbonyl (C=O) groups excluding carboxylic acids is 1. The fourth-order valence-corrected chi connectivity index (χ4v) is 3.37. The van der Waals surface area contributed by atoms with Crippen LogP contribution in [0.15, 0.2) is 60.8 Å². The quantitative estimate of drug-likeness (QED) is 0.327. The first-order chi connectivity index (χ1) is 14.0. The van der Waals surface area contributed by atoms with Crippen LogP contribution in [0.1, 0.15) is 35.7 Å². The van der Waals surface area contributed by atoms with Gasteiger partial charge in [0.2, 0.25) is 0 Å². The lowest BCUT2D eigenvalue weighted by Gasteiger charge is -2.19. The molecule has 0 radical (unpaired) electrons. The Bertz CT molecular complexity index is 971. The van der Waals surface area contributed by atoms with E-state index >= 15 is 0 Å². The second-order valence-corrected chi connectivity index (χ2v) is 7.46. The van der Waals surface area contributed by atoms with Crippen LogP contribution in [0, 0.1) is 5.82 Å². The van der Waals surface area contributed by atoms with Crippen LogP contribution >= 0.6 is 11.6 Å². The molecule has 3 aromatic rings. The summed E-state index contributed by atoms with van der Waals surface area (Å²) in [6.07, 6.45) is 3.66. The average Bonchev–Trinajstić information content (AvgIpc) is 2.73. The molecule has 3 rings (SSSR count). The topological polar surface area (TPSA) is 33.2 Å². The van der Waals surface area contributed by atoms with Gasteiger partial charge in [-0.2, -0.15) is 0 Å². The number of hydrogen-bond donors (Lipinski definition) is 0. The molecular formula is C24H24ClFN2O. The van der Waals surface area contributed by atoms with Crippen molar-refractivity contribution in [3.8, 4) is 11.1 Å². The SMILES string of the molecule is CCCN(C)c1ccc(-c2ccc(C(=O)CCc3ccc(Cl)nc3)cc2)cc1F. The van der Waals surface area contributed by atoms with Gasteiger partial charge in [-0.05, 0) is 47.7 Å². The third-order valence-corrected chi connectivity index (χ3v) is 5.11. The summed E-state index contributed by atoms with van der Waals surface area (Å²) in [4.78, 5) is 18.4. The maximum absolute atomic E-state index is 14.5. The van der Waals surface area contributed by atoms with Gasteiger partial charge in [0.05, 0.1) is 5.69 Å². The predicted molar refractivity (Wildman–Crippen MR) is 117 cm³/mol. The van der Waals surface area contributed by atoms with E-state index < -0.39 is 0 Å². The first-order valence-corrected chi connectivity index (χ1v) is 10.1. The van der Waals surface area contributed by atoms with Crippen LogP contribution in [0.3, 0.4) is 0 Å². The minimum atomic E-state index is -0.241. The van der Waals surface area contributed by atoms with E-state index in [-0.39, 0.29) is 11.6 Å². The van der Waals surface area contributed by atoms with Crippen molar-refractivity contribution < 1.29 is 9.18 Å². The predicted octanol–water partition coefficient (Wildman–Crippen LogP) is 6.20. The van der Waals surface area contributed by atoms with Crippen molar-refractivity contribution in [2.45, 2.75) is 26.2 Å².